The summed E-state index contributed by atoms with van der Waals surface area (Å²) in [6, 6.07) is 0.187. The van der Waals surface area contributed by atoms with E-state index in [0.29, 0.717) is 42.7 Å². The lowest BCUT2D eigenvalue weighted by atomic mass is 9.72. The quantitative estimate of drug-likeness (QED) is 0.0972. The third-order valence-corrected chi connectivity index (χ3v) is 5.12. The van der Waals surface area contributed by atoms with E-state index in [1.807, 2.05) is 62.3 Å². The number of allylic oxidation sites excluding steroid dienone is 1. The van der Waals surface area contributed by atoms with Crippen LogP contribution in [0.1, 0.15) is 94.4 Å². The first kappa shape index (κ1) is 36.5. The Labute approximate surface area is 211 Å². The normalized spacial score (nSPS) is 22.8. The third kappa shape index (κ3) is 16.6. The topological polar surface area (TPSA) is 115 Å². The number of nitrogens with two attached hydrogens (primary N) is 2. The summed E-state index contributed by atoms with van der Waals surface area (Å²) in [5, 5.41) is 10.3. The van der Waals surface area contributed by atoms with Crippen LogP contribution in [-0.2, 0) is 9.53 Å². The Kier molecular flexibility index (Phi) is 25.9. The minimum absolute atomic E-state index is 0.112. The highest BCUT2D eigenvalue weighted by molar-refractivity contribution is 5.82. The second-order valence-electron chi connectivity index (χ2n) is 8.20. The summed E-state index contributed by atoms with van der Waals surface area (Å²) in [4.78, 5) is 12.2. The van der Waals surface area contributed by atoms with Crippen molar-refractivity contribution >= 4 is 11.8 Å². The fourth-order valence-electron chi connectivity index (χ4n) is 3.83. The summed E-state index contributed by atoms with van der Waals surface area (Å²) < 4.78 is 5.40. The van der Waals surface area contributed by atoms with Crippen molar-refractivity contribution in [2.75, 3.05) is 13.2 Å². The Morgan fingerprint density at radius 3 is 2.21 bits per heavy atom. The Morgan fingerprint density at radius 2 is 1.71 bits per heavy atom. The van der Waals surface area contributed by atoms with Crippen LogP contribution >= 0.6 is 0 Å². The molecule has 34 heavy (non-hydrogen) atoms. The van der Waals surface area contributed by atoms with Gasteiger partial charge < -0.3 is 26.9 Å². The molecule has 1 aliphatic carbocycles. The second-order valence-corrected chi connectivity index (χ2v) is 8.20. The van der Waals surface area contributed by atoms with Gasteiger partial charge in [-0.1, -0.05) is 68.0 Å². The Morgan fingerprint density at radius 1 is 1.15 bits per heavy atom. The number of carbonyl (C=O) groups excluding carboxylic acids is 1. The summed E-state index contributed by atoms with van der Waals surface area (Å²) in [6.07, 6.45) is 6.35. The van der Waals surface area contributed by atoms with Crippen molar-refractivity contribution < 1.29 is 9.53 Å². The van der Waals surface area contributed by atoms with Gasteiger partial charge in [0.15, 0.2) is 0 Å². The first-order valence-electron chi connectivity index (χ1n) is 13.2. The van der Waals surface area contributed by atoms with Crippen LogP contribution in [0.5, 0.6) is 0 Å². The second kappa shape index (κ2) is 24.1. The van der Waals surface area contributed by atoms with E-state index in [2.05, 4.69) is 28.9 Å². The zero-order valence-corrected chi connectivity index (χ0v) is 23.7. The molecule has 0 radical (unpaired) electrons. The molecule has 6 N–H and O–H groups in total. The van der Waals surface area contributed by atoms with Crippen LogP contribution in [0.2, 0.25) is 0 Å². The fourth-order valence-corrected chi connectivity index (χ4v) is 3.83. The van der Waals surface area contributed by atoms with Gasteiger partial charge in [0, 0.05) is 18.2 Å². The average molecular weight is 484 g/mol. The van der Waals surface area contributed by atoms with Crippen LogP contribution in [0.25, 0.3) is 0 Å². The number of amidine groups is 1. The van der Waals surface area contributed by atoms with Crippen molar-refractivity contribution in [2.45, 2.75) is 107 Å². The van der Waals surface area contributed by atoms with Gasteiger partial charge in [-0.15, -0.1) is 6.58 Å². The smallest absolute Gasteiger partial charge is 0.323 e. The highest BCUT2D eigenvalue weighted by Crippen LogP contribution is 2.36. The summed E-state index contributed by atoms with van der Waals surface area (Å²) in [5.74, 6) is 6.96. The number of rotatable bonds is 7. The van der Waals surface area contributed by atoms with E-state index in [1.54, 1.807) is 6.08 Å². The molecule has 1 saturated carbocycles. The zero-order valence-electron chi connectivity index (χ0n) is 23.7. The highest BCUT2D eigenvalue weighted by atomic mass is 16.5. The van der Waals surface area contributed by atoms with Gasteiger partial charge in [-0.2, -0.15) is 5.10 Å². The standard InChI is InChI=1S/C18H33N5O2.C3H6.3C2H6/c1-11(2)10-25-18(24)16-8-14-7-15(5-4-13(14)9-21-16)22-12(3)6-17(19)23-20;1-3-2;3*1-2/h11,13-16,21-22H,3-10,20H2,1-2H3,(H2,19,23);3H,1H2,2H3;3*1-2H3/t13?,14?,15-,16?;;;;/m0..../s1. The monoisotopic (exact) mass is 483 g/mol. The molecule has 7 heteroatoms. The predicted molar refractivity (Wildman–Crippen MR) is 149 cm³/mol. The lowest BCUT2D eigenvalue weighted by molar-refractivity contribution is -0.149. The van der Waals surface area contributed by atoms with Crippen LogP contribution in [0.3, 0.4) is 0 Å². The zero-order chi connectivity index (χ0) is 27.1. The van der Waals surface area contributed by atoms with Crippen LogP contribution in [0.4, 0.5) is 0 Å². The molecule has 0 aromatic heterocycles. The molecule has 3 unspecified atom stereocenters. The van der Waals surface area contributed by atoms with Crippen molar-refractivity contribution in [1.82, 2.24) is 10.6 Å². The van der Waals surface area contributed by atoms with Gasteiger partial charge in [-0.05, 0) is 56.9 Å². The van der Waals surface area contributed by atoms with Gasteiger partial charge in [0.1, 0.15) is 11.9 Å². The molecule has 1 saturated heterocycles. The van der Waals surface area contributed by atoms with Crippen molar-refractivity contribution in [3.63, 3.8) is 0 Å². The minimum Gasteiger partial charge on any atom is -0.464 e. The lowest BCUT2D eigenvalue weighted by Gasteiger charge is -2.42. The van der Waals surface area contributed by atoms with Crippen LogP contribution in [0.15, 0.2) is 30.0 Å². The molecule has 2 fully saturated rings. The number of nitrogens with one attached hydrogen (secondary N) is 2. The molecule has 0 bridgehead atoms. The van der Waals surface area contributed by atoms with E-state index in [9.17, 15) is 4.79 Å². The molecule has 1 aliphatic heterocycles. The van der Waals surface area contributed by atoms with Gasteiger partial charge in [0.25, 0.3) is 0 Å². The van der Waals surface area contributed by atoms with Gasteiger partial charge in [-0.3, -0.25) is 4.79 Å². The van der Waals surface area contributed by atoms with E-state index in [-0.39, 0.29) is 12.0 Å². The molecular weight excluding hydrogens is 426 g/mol. The summed E-state index contributed by atoms with van der Waals surface area (Å²) >= 11 is 0. The van der Waals surface area contributed by atoms with Gasteiger partial charge in [0.2, 0.25) is 0 Å². The predicted octanol–water partition coefficient (Wildman–Crippen LogP) is 5.33. The third-order valence-electron chi connectivity index (χ3n) is 5.12. The average Bonchev–Trinajstić information content (AvgIpc) is 2.86. The summed E-state index contributed by atoms with van der Waals surface area (Å²) in [5.41, 5.74) is 6.50. The molecule has 2 aliphatic rings. The maximum Gasteiger partial charge on any atom is 0.323 e. The molecular formula is C27H57N5O2. The number of carbonyl (C=O) groups is 1. The van der Waals surface area contributed by atoms with E-state index < -0.39 is 0 Å². The fraction of sp³-hybridized carbons (Fsp3) is 0.778. The Hall–Kier alpha value is -2.02. The number of ether oxygens (including phenoxy) is 1. The van der Waals surface area contributed by atoms with Crippen molar-refractivity contribution in [3.05, 3.63) is 24.9 Å². The molecule has 7 nitrogen and oxygen atoms in total. The van der Waals surface area contributed by atoms with E-state index in [1.165, 1.54) is 0 Å². The largest absolute Gasteiger partial charge is 0.464 e. The van der Waals surface area contributed by atoms with E-state index in [0.717, 1.165) is 37.9 Å². The number of hydrazone groups is 1. The van der Waals surface area contributed by atoms with Gasteiger partial charge in [-0.25, -0.2) is 0 Å². The van der Waals surface area contributed by atoms with Crippen LogP contribution in [-0.4, -0.2) is 37.0 Å². The molecule has 0 aromatic carbocycles. The Bertz CT molecular complexity index is 549. The molecule has 1 heterocycles. The molecule has 202 valence electrons. The number of esters is 1. The number of nitrogens with zero attached hydrogens (tertiary/aromatic N) is 1. The van der Waals surface area contributed by atoms with Crippen LogP contribution in [0, 0.1) is 17.8 Å². The summed E-state index contributed by atoms with van der Waals surface area (Å²) in [7, 11) is 0. The first-order valence-corrected chi connectivity index (χ1v) is 13.2. The molecule has 0 aromatic rings. The number of hydrogen-bond acceptors (Lipinski definition) is 6. The molecule has 2 rings (SSSR count). The van der Waals surface area contributed by atoms with E-state index in [4.69, 9.17) is 16.3 Å². The van der Waals surface area contributed by atoms with Crippen molar-refractivity contribution in [2.24, 2.45) is 34.4 Å². The number of fused-ring (bicyclic) bond motifs is 1. The van der Waals surface area contributed by atoms with Crippen LogP contribution < -0.4 is 22.2 Å². The van der Waals surface area contributed by atoms with Gasteiger partial charge >= 0.3 is 5.97 Å². The number of piperidine rings is 1. The van der Waals surface area contributed by atoms with Crippen molar-refractivity contribution in [1.29, 1.82) is 0 Å². The maximum absolute atomic E-state index is 12.2. The van der Waals surface area contributed by atoms with Gasteiger partial charge in [0.05, 0.1) is 6.61 Å². The summed E-state index contributed by atoms with van der Waals surface area (Å²) in [6.45, 7) is 26.7. The number of hydrogen-bond donors (Lipinski definition) is 4. The molecule has 4 atom stereocenters. The lowest BCUT2D eigenvalue weighted by Crippen LogP contribution is -2.52. The highest BCUT2D eigenvalue weighted by Gasteiger charge is 2.38. The molecule has 0 amide bonds. The maximum atomic E-state index is 12.2. The van der Waals surface area contributed by atoms with Crippen molar-refractivity contribution in [3.8, 4) is 0 Å². The minimum atomic E-state index is -0.179. The molecule has 0 spiro atoms. The Balaban J connectivity index is -0.000000945. The first-order chi connectivity index (χ1) is 16.3. The van der Waals surface area contributed by atoms with E-state index >= 15 is 0 Å². The SMILES string of the molecule is C=C(C/C(N)=N/N)N[C@H]1CCC2CNC(C(=O)OCC(C)C)CC2C1.C=CC.CC.CC.CC.